The number of thiophene rings is 1. The summed E-state index contributed by atoms with van der Waals surface area (Å²) in [4.78, 5) is 40.4. The molecular formula is C19H16ClN3O6S. The summed E-state index contributed by atoms with van der Waals surface area (Å²) in [5, 5.41) is 3.29. The zero-order valence-corrected chi connectivity index (χ0v) is 17.1. The molecule has 0 unspecified atom stereocenters. The molecule has 9 nitrogen and oxygen atoms in total. The SMILES string of the molecule is O=C(Nc1ccc(Cl)s1)[C@@H]1OC(=O)N2c3ccc(N4CCOCC4=O)cc3OC[C@@H]12. The summed E-state index contributed by atoms with van der Waals surface area (Å²) < 4.78 is 16.9. The molecule has 2 aromatic rings. The number of nitrogens with zero attached hydrogens (tertiary/aromatic N) is 2. The van der Waals surface area contributed by atoms with Gasteiger partial charge < -0.3 is 24.4 Å². The smallest absolute Gasteiger partial charge is 0.415 e. The Morgan fingerprint density at radius 2 is 2.10 bits per heavy atom. The zero-order chi connectivity index (χ0) is 20.8. The van der Waals surface area contributed by atoms with Gasteiger partial charge in [0.05, 0.1) is 21.6 Å². The van der Waals surface area contributed by atoms with E-state index < -0.39 is 24.1 Å². The maximum absolute atomic E-state index is 12.7. The monoisotopic (exact) mass is 449 g/mol. The number of fused-ring (bicyclic) bond motifs is 3. The standard InChI is InChI=1S/C19H16ClN3O6S/c20-14-3-4-15(30-14)21-18(25)17-12-8-28-13-7-10(22-5-6-27-9-16(22)24)1-2-11(13)23(12)19(26)29-17/h1-4,7,12,17H,5-6,8-9H2,(H,21,25)/t12-,17+/m0/s1. The highest BCUT2D eigenvalue weighted by molar-refractivity contribution is 7.20. The van der Waals surface area contributed by atoms with E-state index in [0.717, 1.165) is 0 Å². The minimum atomic E-state index is -1.02. The molecule has 3 aliphatic rings. The minimum absolute atomic E-state index is 0.0325. The molecule has 4 heterocycles. The van der Waals surface area contributed by atoms with E-state index >= 15 is 0 Å². The third-order valence-electron chi connectivity index (χ3n) is 5.09. The van der Waals surface area contributed by atoms with Gasteiger partial charge in [-0.2, -0.15) is 0 Å². The van der Waals surface area contributed by atoms with E-state index in [1.807, 2.05) is 0 Å². The number of cyclic esters (lactones) is 1. The van der Waals surface area contributed by atoms with Crippen LogP contribution in [0.3, 0.4) is 0 Å². The second kappa shape index (κ2) is 7.46. The van der Waals surface area contributed by atoms with Crippen molar-refractivity contribution >= 4 is 57.2 Å². The highest BCUT2D eigenvalue weighted by atomic mass is 35.5. The Kier molecular flexibility index (Phi) is 4.76. The van der Waals surface area contributed by atoms with Gasteiger partial charge in [0.25, 0.3) is 11.8 Å². The van der Waals surface area contributed by atoms with Crippen LogP contribution in [0.25, 0.3) is 0 Å². The van der Waals surface area contributed by atoms with Gasteiger partial charge in [0.15, 0.2) is 0 Å². The fraction of sp³-hybridized carbons (Fsp3) is 0.316. The van der Waals surface area contributed by atoms with Gasteiger partial charge in [0.1, 0.15) is 25.0 Å². The van der Waals surface area contributed by atoms with E-state index in [2.05, 4.69) is 5.32 Å². The summed E-state index contributed by atoms with van der Waals surface area (Å²) in [5.41, 5.74) is 1.16. The summed E-state index contributed by atoms with van der Waals surface area (Å²) in [6, 6.07) is 7.90. The molecule has 0 aliphatic carbocycles. The van der Waals surface area contributed by atoms with Gasteiger partial charge in [-0.05, 0) is 24.3 Å². The lowest BCUT2D eigenvalue weighted by molar-refractivity contribution is -0.125. The van der Waals surface area contributed by atoms with Crippen LogP contribution in [0.4, 0.5) is 21.2 Å². The first-order valence-electron chi connectivity index (χ1n) is 9.22. The molecule has 156 valence electrons. The Labute approximate surface area is 180 Å². The van der Waals surface area contributed by atoms with Crippen molar-refractivity contribution in [3.63, 3.8) is 0 Å². The van der Waals surface area contributed by atoms with Crippen LogP contribution in [-0.2, 0) is 19.1 Å². The predicted molar refractivity (Wildman–Crippen MR) is 110 cm³/mol. The number of carbonyl (C=O) groups is 3. The van der Waals surface area contributed by atoms with Crippen LogP contribution in [-0.4, -0.2) is 56.4 Å². The summed E-state index contributed by atoms with van der Waals surface area (Å²) >= 11 is 7.11. The molecule has 3 aliphatic heterocycles. The minimum Gasteiger partial charge on any atom is -0.489 e. The van der Waals surface area contributed by atoms with Gasteiger partial charge in [-0.25, -0.2) is 4.79 Å². The Morgan fingerprint density at radius 3 is 2.87 bits per heavy atom. The molecular weight excluding hydrogens is 434 g/mol. The Balaban J connectivity index is 1.37. The van der Waals surface area contributed by atoms with Gasteiger partial charge in [-0.3, -0.25) is 14.5 Å². The molecule has 2 atom stereocenters. The van der Waals surface area contributed by atoms with Crippen LogP contribution in [0.5, 0.6) is 5.75 Å². The molecule has 0 spiro atoms. The lowest BCUT2D eigenvalue weighted by Gasteiger charge is -2.32. The van der Waals surface area contributed by atoms with E-state index in [4.69, 9.17) is 25.8 Å². The highest BCUT2D eigenvalue weighted by Gasteiger charge is 2.50. The lowest BCUT2D eigenvalue weighted by Crippen LogP contribution is -2.48. The van der Waals surface area contributed by atoms with Crippen LogP contribution in [0.15, 0.2) is 30.3 Å². The molecule has 2 fully saturated rings. The number of benzene rings is 1. The van der Waals surface area contributed by atoms with Crippen molar-refractivity contribution in [2.24, 2.45) is 0 Å². The van der Waals surface area contributed by atoms with Crippen LogP contribution in [0, 0.1) is 0 Å². The number of hydrogen-bond donors (Lipinski definition) is 1. The van der Waals surface area contributed by atoms with Gasteiger partial charge >= 0.3 is 6.09 Å². The zero-order valence-electron chi connectivity index (χ0n) is 15.5. The fourth-order valence-electron chi connectivity index (χ4n) is 3.71. The first-order valence-corrected chi connectivity index (χ1v) is 10.4. The van der Waals surface area contributed by atoms with Crippen LogP contribution < -0.4 is 19.9 Å². The number of halogens is 1. The highest BCUT2D eigenvalue weighted by Crippen LogP contribution is 2.41. The number of rotatable bonds is 3. The Morgan fingerprint density at radius 1 is 1.23 bits per heavy atom. The molecule has 0 bridgehead atoms. The number of carbonyl (C=O) groups excluding carboxylic acids is 3. The number of amides is 3. The van der Waals surface area contributed by atoms with E-state index in [9.17, 15) is 14.4 Å². The van der Waals surface area contributed by atoms with Crippen LogP contribution in [0.1, 0.15) is 0 Å². The quantitative estimate of drug-likeness (QED) is 0.773. The number of ether oxygens (including phenoxy) is 3. The van der Waals surface area contributed by atoms with Crippen molar-refractivity contribution in [3.05, 3.63) is 34.7 Å². The third-order valence-corrected chi connectivity index (χ3v) is 6.24. The first-order chi connectivity index (χ1) is 14.5. The fourth-order valence-corrected chi connectivity index (χ4v) is 4.65. The summed E-state index contributed by atoms with van der Waals surface area (Å²) in [6.07, 6.45) is -1.64. The van der Waals surface area contributed by atoms with E-state index in [-0.39, 0.29) is 19.1 Å². The van der Waals surface area contributed by atoms with Crippen molar-refractivity contribution in [1.82, 2.24) is 0 Å². The van der Waals surface area contributed by atoms with Crippen molar-refractivity contribution in [1.29, 1.82) is 0 Å². The summed E-state index contributed by atoms with van der Waals surface area (Å²) in [5.74, 6) is -0.135. The van der Waals surface area contributed by atoms with Crippen LogP contribution in [0.2, 0.25) is 4.34 Å². The topological polar surface area (TPSA) is 97.4 Å². The second-order valence-electron chi connectivity index (χ2n) is 6.90. The molecule has 2 saturated heterocycles. The van der Waals surface area contributed by atoms with Gasteiger partial charge in [0, 0.05) is 18.3 Å². The number of morpholine rings is 1. The molecule has 1 aromatic carbocycles. The molecule has 1 N–H and O–H groups in total. The van der Waals surface area contributed by atoms with Gasteiger partial charge in [0.2, 0.25) is 6.10 Å². The predicted octanol–water partition coefficient (Wildman–Crippen LogP) is 2.49. The Hall–Kier alpha value is -2.82. The lowest BCUT2D eigenvalue weighted by atomic mass is 10.1. The van der Waals surface area contributed by atoms with Gasteiger partial charge in [-0.1, -0.05) is 11.6 Å². The Bertz CT molecular complexity index is 1040. The van der Waals surface area contributed by atoms with Gasteiger partial charge in [-0.15, -0.1) is 11.3 Å². The van der Waals surface area contributed by atoms with Crippen molar-refractivity contribution in [2.45, 2.75) is 12.1 Å². The maximum Gasteiger partial charge on any atom is 0.415 e. The number of nitrogens with one attached hydrogen (secondary N) is 1. The maximum atomic E-state index is 12.7. The molecule has 0 saturated carbocycles. The van der Waals surface area contributed by atoms with Crippen molar-refractivity contribution < 1.29 is 28.6 Å². The van der Waals surface area contributed by atoms with E-state index in [0.29, 0.717) is 39.6 Å². The molecule has 5 rings (SSSR count). The van der Waals surface area contributed by atoms with Crippen molar-refractivity contribution in [3.8, 4) is 5.75 Å². The third kappa shape index (κ3) is 3.26. The number of hydrogen-bond acceptors (Lipinski definition) is 7. The average Bonchev–Trinajstić information content (AvgIpc) is 3.30. The first kappa shape index (κ1) is 19.2. The second-order valence-corrected chi connectivity index (χ2v) is 8.61. The number of anilines is 3. The molecule has 3 amide bonds. The summed E-state index contributed by atoms with van der Waals surface area (Å²) in [7, 11) is 0. The molecule has 11 heteroatoms. The average molecular weight is 450 g/mol. The molecule has 1 aromatic heterocycles. The van der Waals surface area contributed by atoms with E-state index in [1.54, 1.807) is 35.2 Å². The van der Waals surface area contributed by atoms with E-state index in [1.165, 1.54) is 16.2 Å². The molecule has 0 radical (unpaired) electrons. The largest absolute Gasteiger partial charge is 0.489 e. The van der Waals surface area contributed by atoms with Crippen molar-refractivity contribution in [2.75, 3.05) is 41.5 Å². The normalized spacial score (nSPS) is 22.8. The molecule has 30 heavy (non-hydrogen) atoms. The summed E-state index contributed by atoms with van der Waals surface area (Å²) in [6.45, 7) is 1.02. The van der Waals surface area contributed by atoms with Crippen LogP contribution >= 0.6 is 22.9 Å².